The Bertz CT molecular complexity index is 1800. The largest absolute Gasteiger partial charge is 0.480 e. The molecule has 0 spiro atoms. The molecular formula is C31H34F2N6O4S. The second-order valence-corrected chi connectivity index (χ2v) is 12.5. The molecule has 0 unspecified atom stereocenters. The molecule has 0 bridgehead atoms. The molecule has 44 heavy (non-hydrogen) atoms. The quantitative estimate of drug-likeness (QED) is 0.227. The number of carboxylic acids is 1. The van der Waals surface area contributed by atoms with Crippen molar-refractivity contribution in [1.82, 2.24) is 24.1 Å². The number of benzene rings is 2. The lowest BCUT2D eigenvalue weighted by atomic mass is 9.96. The highest BCUT2D eigenvalue weighted by Crippen LogP contribution is 2.35. The predicted octanol–water partition coefficient (Wildman–Crippen LogP) is 4.38. The number of carbonyl (C=O) groups is 1. The summed E-state index contributed by atoms with van der Waals surface area (Å²) in [5.41, 5.74) is 2.96. The van der Waals surface area contributed by atoms with Crippen LogP contribution in [-0.4, -0.2) is 89.9 Å². The third kappa shape index (κ3) is 6.65. The normalized spacial score (nSPS) is 14.8. The van der Waals surface area contributed by atoms with Crippen LogP contribution in [0.25, 0.3) is 27.7 Å². The minimum atomic E-state index is -4.03. The number of hydrogen-bond acceptors (Lipinski definition) is 6. The fourth-order valence-electron chi connectivity index (χ4n) is 5.20. The van der Waals surface area contributed by atoms with E-state index in [1.54, 1.807) is 19.3 Å². The lowest BCUT2D eigenvalue weighted by molar-refractivity contribution is -0.138. The molecule has 0 atom stereocenters. The van der Waals surface area contributed by atoms with Gasteiger partial charge in [-0.1, -0.05) is 37.8 Å². The van der Waals surface area contributed by atoms with Crippen LogP contribution >= 0.6 is 0 Å². The minimum Gasteiger partial charge on any atom is -0.480 e. The van der Waals surface area contributed by atoms with Gasteiger partial charge in [-0.2, -0.15) is 12.7 Å². The Morgan fingerprint density at radius 1 is 1.09 bits per heavy atom. The van der Waals surface area contributed by atoms with Crippen LogP contribution in [0.3, 0.4) is 0 Å². The fourth-order valence-corrected chi connectivity index (χ4v) is 6.13. The van der Waals surface area contributed by atoms with Gasteiger partial charge in [0.05, 0.1) is 17.8 Å². The van der Waals surface area contributed by atoms with Crippen molar-refractivity contribution in [3.05, 3.63) is 89.8 Å². The third-order valence-electron chi connectivity index (χ3n) is 7.86. The van der Waals surface area contributed by atoms with E-state index in [0.717, 1.165) is 52.8 Å². The zero-order valence-electron chi connectivity index (χ0n) is 24.5. The van der Waals surface area contributed by atoms with Gasteiger partial charge in [-0.15, -0.1) is 0 Å². The summed E-state index contributed by atoms with van der Waals surface area (Å²) in [6, 6.07) is 12.0. The highest BCUT2D eigenvalue weighted by Gasteiger charge is 2.24. The molecule has 3 N–H and O–H groups in total. The van der Waals surface area contributed by atoms with Gasteiger partial charge in [0.2, 0.25) is 0 Å². The van der Waals surface area contributed by atoms with Crippen molar-refractivity contribution in [1.29, 1.82) is 0 Å². The Balaban J connectivity index is 1.36. The van der Waals surface area contributed by atoms with E-state index >= 15 is 8.78 Å². The number of piperazine rings is 1. The monoisotopic (exact) mass is 624 g/mol. The molecule has 0 saturated carbocycles. The fraction of sp³-hybridized carbons (Fsp3) is 0.290. The van der Waals surface area contributed by atoms with Gasteiger partial charge in [0, 0.05) is 75.2 Å². The summed E-state index contributed by atoms with van der Waals surface area (Å²) in [6.07, 6.45) is 3.28. The number of aromatic amines is 1. The van der Waals surface area contributed by atoms with Crippen molar-refractivity contribution in [3.8, 4) is 11.1 Å². The lowest BCUT2D eigenvalue weighted by Gasteiger charge is -2.33. The number of fused-ring (bicyclic) bond motifs is 1. The second-order valence-electron chi connectivity index (χ2n) is 10.7. The number of nitrogens with zero attached hydrogens (tertiary/aromatic N) is 4. The first-order valence-corrected chi connectivity index (χ1v) is 15.6. The predicted molar refractivity (Wildman–Crippen MR) is 166 cm³/mol. The maximum atomic E-state index is 15.6. The summed E-state index contributed by atoms with van der Waals surface area (Å²) in [4.78, 5) is 22.7. The van der Waals surface area contributed by atoms with Crippen molar-refractivity contribution in [2.45, 2.75) is 13.5 Å². The average molecular weight is 625 g/mol. The number of H-pyrrole nitrogens is 1. The van der Waals surface area contributed by atoms with Crippen molar-refractivity contribution in [2.75, 3.05) is 51.0 Å². The molecule has 10 nitrogen and oxygen atoms in total. The Labute approximate surface area is 254 Å². The average Bonchev–Trinajstić information content (AvgIpc) is 3.42. The summed E-state index contributed by atoms with van der Waals surface area (Å²) in [7, 11) is -2.68. The van der Waals surface area contributed by atoms with Gasteiger partial charge >= 0.3 is 16.2 Å². The first kappa shape index (κ1) is 31.3. The second kappa shape index (κ2) is 12.8. The lowest BCUT2D eigenvalue weighted by Crippen LogP contribution is -2.47. The zero-order chi connectivity index (χ0) is 31.6. The highest BCUT2D eigenvalue weighted by molar-refractivity contribution is 7.90. The molecule has 1 aliphatic rings. The minimum absolute atomic E-state index is 0.0360. The third-order valence-corrected chi connectivity index (χ3v) is 9.42. The van der Waals surface area contributed by atoms with Gasteiger partial charge in [0.25, 0.3) is 0 Å². The summed E-state index contributed by atoms with van der Waals surface area (Å²) >= 11 is 0. The van der Waals surface area contributed by atoms with Crippen LogP contribution in [0.5, 0.6) is 0 Å². The van der Waals surface area contributed by atoms with E-state index < -0.39 is 33.4 Å². The van der Waals surface area contributed by atoms with Crippen LogP contribution in [0.1, 0.15) is 23.6 Å². The standard InChI is InChI=1S/C31H34F2N6O4S/c1-4-37(3)44(42,43)36-27-10-9-26(32)29(30(27)33)20(2)25-17-35-31-24(25)15-23(16-34-31)22-7-5-21(6-8-22)18-38-11-13-39(14-12-38)19-28(40)41/h5-10,15-17,36H,2,4,11-14,18-19H2,1,3H3,(H,34,35)(H,40,41). The summed E-state index contributed by atoms with van der Waals surface area (Å²) < 4.78 is 58.8. The van der Waals surface area contributed by atoms with Crippen LogP contribution < -0.4 is 4.72 Å². The Hall–Kier alpha value is -4.17. The number of pyridine rings is 1. The number of halogens is 2. The Kier molecular flexibility index (Phi) is 9.11. The van der Waals surface area contributed by atoms with Crippen molar-refractivity contribution in [2.24, 2.45) is 0 Å². The molecule has 1 fully saturated rings. The first-order valence-electron chi connectivity index (χ1n) is 14.1. The van der Waals surface area contributed by atoms with Crippen LogP contribution in [0.4, 0.5) is 14.5 Å². The molecule has 0 amide bonds. The van der Waals surface area contributed by atoms with Crippen LogP contribution in [0.2, 0.25) is 0 Å². The van der Waals surface area contributed by atoms with E-state index in [4.69, 9.17) is 5.11 Å². The van der Waals surface area contributed by atoms with Crippen LogP contribution in [0, 0.1) is 11.6 Å². The smallest absolute Gasteiger partial charge is 0.317 e. The number of anilines is 1. The summed E-state index contributed by atoms with van der Waals surface area (Å²) in [5.74, 6) is -2.76. The SMILES string of the molecule is C=C(c1c(F)ccc(NS(=O)(=O)N(C)CC)c1F)c1c[nH]c2ncc(-c3ccc(CN4CCN(CC(=O)O)CC4)cc3)cc12. The molecule has 232 valence electrons. The molecule has 4 aromatic rings. The Morgan fingerprint density at radius 2 is 1.77 bits per heavy atom. The summed E-state index contributed by atoms with van der Waals surface area (Å²) in [6.45, 7) is 9.59. The van der Waals surface area contributed by atoms with E-state index in [-0.39, 0.29) is 24.4 Å². The van der Waals surface area contributed by atoms with E-state index in [1.165, 1.54) is 7.05 Å². The number of rotatable bonds is 11. The number of nitrogens with one attached hydrogen (secondary N) is 2. The molecule has 1 aliphatic heterocycles. The van der Waals surface area contributed by atoms with Gasteiger partial charge in [0.1, 0.15) is 11.5 Å². The van der Waals surface area contributed by atoms with Crippen LogP contribution in [0.15, 0.2) is 61.4 Å². The zero-order valence-corrected chi connectivity index (χ0v) is 25.3. The number of aliphatic carboxylic acids is 1. The van der Waals surface area contributed by atoms with E-state index in [2.05, 4.69) is 26.2 Å². The topological polar surface area (TPSA) is 122 Å². The van der Waals surface area contributed by atoms with Gasteiger partial charge in [-0.3, -0.25) is 19.3 Å². The first-order chi connectivity index (χ1) is 21.0. The molecule has 3 heterocycles. The van der Waals surface area contributed by atoms with Gasteiger partial charge < -0.3 is 10.1 Å². The van der Waals surface area contributed by atoms with Gasteiger partial charge in [-0.05, 0) is 34.9 Å². The number of carboxylic acid groups (broad SMARTS) is 1. The molecule has 0 aliphatic carbocycles. The highest BCUT2D eigenvalue weighted by atomic mass is 32.2. The molecule has 13 heteroatoms. The molecule has 0 radical (unpaired) electrons. The van der Waals surface area contributed by atoms with E-state index in [9.17, 15) is 13.2 Å². The molecule has 2 aromatic carbocycles. The van der Waals surface area contributed by atoms with E-state index in [0.29, 0.717) is 29.7 Å². The summed E-state index contributed by atoms with van der Waals surface area (Å²) in [5, 5.41) is 9.60. The molecule has 2 aromatic heterocycles. The van der Waals surface area contributed by atoms with Gasteiger partial charge in [0.15, 0.2) is 5.82 Å². The molecular weight excluding hydrogens is 590 g/mol. The van der Waals surface area contributed by atoms with Gasteiger partial charge in [-0.25, -0.2) is 13.8 Å². The van der Waals surface area contributed by atoms with E-state index in [1.807, 2.05) is 35.2 Å². The van der Waals surface area contributed by atoms with Crippen molar-refractivity contribution < 1.29 is 27.1 Å². The number of aromatic nitrogens is 2. The Morgan fingerprint density at radius 3 is 2.43 bits per heavy atom. The van der Waals surface area contributed by atoms with Crippen molar-refractivity contribution >= 4 is 38.5 Å². The maximum absolute atomic E-state index is 15.6. The molecule has 5 rings (SSSR count). The van der Waals surface area contributed by atoms with Crippen molar-refractivity contribution in [3.63, 3.8) is 0 Å². The maximum Gasteiger partial charge on any atom is 0.317 e. The van der Waals surface area contributed by atoms with Crippen LogP contribution in [-0.2, 0) is 21.5 Å². The number of hydrogen-bond donors (Lipinski definition) is 3. The molecule has 1 saturated heterocycles.